The molecule has 0 atom stereocenters. The molecule has 0 spiro atoms. The van der Waals surface area contributed by atoms with E-state index in [0.29, 0.717) is 48.5 Å². The number of piperidine rings is 1. The number of H-pyrrole nitrogens is 1. The number of nitrogens with zero attached hydrogens (tertiary/aromatic N) is 3. The summed E-state index contributed by atoms with van der Waals surface area (Å²) in [5.74, 6) is 0.681. The van der Waals surface area contributed by atoms with Gasteiger partial charge in [0.05, 0.1) is 17.3 Å². The maximum Gasteiger partial charge on any atom is 0.255 e. The van der Waals surface area contributed by atoms with Crippen molar-refractivity contribution in [2.45, 2.75) is 38.8 Å². The van der Waals surface area contributed by atoms with E-state index in [1.807, 2.05) is 12.1 Å². The predicted molar refractivity (Wildman–Crippen MR) is 111 cm³/mol. The molecule has 29 heavy (non-hydrogen) atoms. The minimum Gasteiger partial charge on any atom is -0.464 e. The largest absolute Gasteiger partial charge is 0.464 e. The molecule has 2 aliphatic heterocycles. The first-order chi connectivity index (χ1) is 14.2. The molecule has 0 amide bonds. The van der Waals surface area contributed by atoms with Crippen molar-refractivity contribution in [2.24, 2.45) is 0 Å². The summed E-state index contributed by atoms with van der Waals surface area (Å²) >= 11 is 0. The van der Waals surface area contributed by atoms with Crippen LogP contribution in [0, 0.1) is 0 Å². The van der Waals surface area contributed by atoms with Crippen LogP contribution in [0.5, 0.6) is 0 Å². The molecule has 0 saturated carbocycles. The highest BCUT2D eigenvalue weighted by Crippen LogP contribution is 2.20. The minimum atomic E-state index is -0.0274. The predicted octanol–water partition coefficient (Wildman–Crippen LogP) is 2.42. The summed E-state index contributed by atoms with van der Waals surface area (Å²) in [4.78, 5) is 37.5. The van der Waals surface area contributed by atoms with E-state index in [-0.39, 0.29) is 11.0 Å². The highest BCUT2D eigenvalue weighted by Gasteiger charge is 2.24. The standard InChI is InChI=1S/C22H24N4O3/c27-20-15(14-29-19-7-3-2-6-17(19)20)12-25-11-8-16-18(13-25)23-22(24-21(16)28)26-9-4-1-5-10-26/h2-3,6-7,14H,1,4-5,8-13H2,(H,23,24,28). The third kappa shape index (κ3) is 3.46. The van der Waals surface area contributed by atoms with Gasteiger partial charge in [0.2, 0.25) is 5.95 Å². The smallest absolute Gasteiger partial charge is 0.255 e. The fraction of sp³-hybridized carbons (Fsp3) is 0.409. The maximum atomic E-state index is 12.8. The van der Waals surface area contributed by atoms with E-state index in [2.05, 4.69) is 14.8 Å². The number of benzene rings is 1. The second kappa shape index (κ2) is 7.48. The Labute approximate surface area is 168 Å². The lowest BCUT2D eigenvalue weighted by Crippen LogP contribution is -2.38. The van der Waals surface area contributed by atoms with Crippen molar-refractivity contribution in [1.29, 1.82) is 0 Å². The highest BCUT2D eigenvalue weighted by atomic mass is 16.3. The molecule has 2 aromatic heterocycles. The van der Waals surface area contributed by atoms with Gasteiger partial charge in [-0.15, -0.1) is 0 Å². The van der Waals surface area contributed by atoms with E-state index < -0.39 is 0 Å². The SMILES string of the molecule is O=c1[nH]c(N2CCCCC2)nc2c1CCN(Cc1coc3ccccc3c1=O)C2. The number of aromatic nitrogens is 2. The van der Waals surface area contributed by atoms with Crippen LogP contribution in [0.3, 0.4) is 0 Å². The first-order valence-corrected chi connectivity index (χ1v) is 10.3. The first-order valence-electron chi connectivity index (χ1n) is 10.3. The van der Waals surface area contributed by atoms with Crippen molar-refractivity contribution in [3.63, 3.8) is 0 Å². The molecule has 150 valence electrons. The normalized spacial score (nSPS) is 17.4. The molecule has 7 heteroatoms. The van der Waals surface area contributed by atoms with E-state index in [1.165, 1.54) is 6.42 Å². The highest BCUT2D eigenvalue weighted by molar-refractivity contribution is 5.76. The summed E-state index contributed by atoms with van der Waals surface area (Å²) in [6.07, 6.45) is 5.69. The summed E-state index contributed by atoms with van der Waals surface area (Å²) in [6, 6.07) is 7.30. The Kier molecular flexibility index (Phi) is 4.67. The number of anilines is 1. The van der Waals surface area contributed by atoms with Crippen LogP contribution in [0.1, 0.15) is 36.1 Å². The average molecular weight is 392 g/mol. The first kappa shape index (κ1) is 18.1. The number of nitrogens with one attached hydrogen (secondary N) is 1. The molecular formula is C22H24N4O3. The molecule has 5 rings (SSSR count). The lowest BCUT2D eigenvalue weighted by molar-refractivity contribution is 0.238. The number of rotatable bonds is 3. The lowest BCUT2D eigenvalue weighted by atomic mass is 10.1. The molecular weight excluding hydrogens is 368 g/mol. The van der Waals surface area contributed by atoms with Gasteiger partial charge < -0.3 is 9.32 Å². The van der Waals surface area contributed by atoms with Crippen molar-refractivity contribution < 1.29 is 4.42 Å². The number of hydrogen-bond donors (Lipinski definition) is 1. The van der Waals surface area contributed by atoms with Crippen LogP contribution in [-0.2, 0) is 19.5 Å². The van der Waals surface area contributed by atoms with Gasteiger partial charge in [0.15, 0.2) is 5.43 Å². The maximum absolute atomic E-state index is 12.8. The topological polar surface area (TPSA) is 82.4 Å². The van der Waals surface area contributed by atoms with Gasteiger partial charge in [-0.1, -0.05) is 12.1 Å². The molecule has 2 aliphatic rings. The van der Waals surface area contributed by atoms with Crippen LogP contribution in [0.25, 0.3) is 11.0 Å². The Morgan fingerprint density at radius 3 is 2.76 bits per heavy atom. The summed E-state index contributed by atoms with van der Waals surface area (Å²) in [5, 5.41) is 0.601. The second-order valence-corrected chi connectivity index (χ2v) is 7.91. The van der Waals surface area contributed by atoms with Gasteiger partial charge >= 0.3 is 0 Å². The van der Waals surface area contributed by atoms with E-state index in [1.54, 1.807) is 18.4 Å². The van der Waals surface area contributed by atoms with Gasteiger partial charge in [-0.05, 0) is 37.8 Å². The van der Waals surface area contributed by atoms with Crippen LogP contribution in [-0.4, -0.2) is 34.5 Å². The number of fused-ring (bicyclic) bond motifs is 2. The molecule has 1 saturated heterocycles. The van der Waals surface area contributed by atoms with Gasteiger partial charge in [0.25, 0.3) is 5.56 Å². The van der Waals surface area contributed by atoms with E-state index in [9.17, 15) is 9.59 Å². The van der Waals surface area contributed by atoms with Crippen LogP contribution in [0.4, 0.5) is 5.95 Å². The zero-order valence-electron chi connectivity index (χ0n) is 16.3. The number of para-hydroxylation sites is 1. The number of aromatic amines is 1. The Balaban J connectivity index is 1.40. The third-order valence-electron chi connectivity index (χ3n) is 5.94. The van der Waals surface area contributed by atoms with Gasteiger partial charge in [0, 0.05) is 43.9 Å². The molecule has 7 nitrogen and oxygen atoms in total. The molecule has 4 heterocycles. The molecule has 1 fully saturated rings. The van der Waals surface area contributed by atoms with Crippen molar-refractivity contribution in [2.75, 3.05) is 24.5 Å². The molecule has 1 aromatic carbocycles. The monoisotopic (exact) mass is 392 g/mol. The van der Waals surface area contributed by atoms with Crippen LogP contribution in [0.2, 0.25) is 0 Å². The van der Waals surface area contributed by atoms with E-state index >= 15 is 0 Å². The molecule has 1 N–H and O–H groups in total. The zero-order chi connectivity index (χ0) is 19.8. The quantitative estimate of drug-likeness (QED) is 0.737. The van der Waals surface area contributed by atoms with Crippen molar-refractivity contribution in [3.05, 3.63) is 67.9 Å². The van der Waals surface area contributed by atoms with Crippen molar-refractivity contribution >= 4 is 16.9 Å². The van der Waals surface area contributed by atoms with E-state index in [0.717, 1.165) is 37.2 Å². The Morgan fingerprint density at radius 2 is 1.90 bits per heavy atom. The summed E-state index contributed by atoms with van der Waals surface area (Å²) in [6.45, 7) is 3.63. The fourth-order valence-electron chi connectivity index (χ4n) is 4.34. The number of hydrogen-bond acceptors (Lipinski definition) is 6. The molecule has 0 aliphatic carbocycles. The van der Waals surface area contributed by atoms with Crippen LogP contribution in [0.15, 0.2) is 44.5 Å². The second-order valence-electron chi connectivity index (χ2n) is 7.91. The summed E-state index contributed by atoms with van der Waals surface area (Å²) in [5.41, 5.74) is 2.81. The molecule has 0 radical (unpaired) electrons. The lowest BCUT2D eigenvalue weighted by Gasteiger charge is -2.30. The molecule has 0 unspecified atom stereocenters. The minimum absolute atomic E-state index is 0.00511. The third-order valence-corrected chi connectivity index (χ3v) is 5.94. The fourth-order valence-corrected chi connectivity index (χ4v) is 4.34. The van der Waals surface area contributed by atoms with Gasteiger partial charge in [0.1, 0.15) is 5.58 Å². The summed E-state index contributed by atoms with van der Waals surface area (Å²) < 4.78 is 5.65. The van der Waals surface area contributed by atoms with Crippen molar-refractivity contribution in [3.8, 4) is 0 Å². The van der Waals surface area contributed by atoms with Gasteiger partial charge in [-0.2, -0.15) is 0 Å². The van der Waals surface area contributed by atoms with E-state index in [4.69, 9.17) is 9.40 Å². The Hall–Kier alpha value is -2.93. The average Bonchev–Trinajstić information content (AvgIpc) is 2.76. The van der Waals surface area contributed by atoms with Crippen LogP contribution >= 0.6 is 0 Å². The Bertz CT molecular complexity index is 1160. The Morgan fingerprint density at radius 1 is 1.07 bits per heavy atom. The zero-order valence-corrected chi connectivity index (χ0v) is 16.3. The molecule has 0 bridgehead atoms. The van der Waals surface area contributed by atoms with Crippen LogP contribution < -0.4 is 15.9 Å². The van der Waals surface area contributed by atoms with Gasteiger partial charge in [-0.25, -0.2) is 4.98 Å². The van der Waals surface area contributed by atoms with Gasteiger partial charge in [-0.3, -0.25) is 19.5 Å². The van der Waals surface area contributed by atoms with Crippen molar-refractivity contribution in [1.82, 2.24) is 14.9 Å². The summed E-state index contributed by atoms with van der Waals surface area (Å²) in [7, 11) is 0. The molecule has 3 aromatic rings.